The van der Waals surface area contributed by atoms with E-state index in [1.807, 2.05) is 35.9 Å². The van der Waals surface area contributed by atoms with Crippen LogP contribution in [0.5, 0.6) is 0 Å². The van der Waals surface area contributed by atoms with Crippen molar-refractivity contribution in [1.82, 2.24) is 14.7 Å². The Balaban J connectivity index is 1.69. The predicted molar refractivity (Wildman–Crippen MR) is 81.9 cm³/mol. The molecule has 1 N–H and O–H groups in total. The molecular formula is C16H15ClFN3. The lowest BCUT2D eigenvalue weighted by Gasteiger charge is -2.13. The summed E-state index contributed by atoms with van der Waals surface area (Å²) in [5.41, 5.74) is 2.85. The smallest absolute Gasteiger partial charge is 0.137 e. The van der Waals surface area contributed by atoms with Crippen LogP contribution in [-0.2, 0) is 6.54 Å². The highest BCUT2D eigenvalue weighted by Crippen LogP contribution is 2.15. The number of imidazole rings is 1. The first kappa shape index (κ1) is 14.0. The zero-order valence-electron chi connectivity index (χ0n) is 11.6. The highest BCUT2D eigenvalue weighted by molar-refractivity contribution is 6.30. The van der Waals surface area contributed by atoms with Crippen molar-refractivity contribution in [2.75, 3.05) is 0 Å². The van der Waals surface area contributed by atoms with E-state index in [2.05, 4.69) is 10.3 Å². The van der Waals surface area contributed by atoms with Crippen LogP contribution in [0.1, 0.15) is 24.2 Å². The molecule has 0 spiro atoms. The van der Waals surface area contributed by atoms with E-state index >= 15 is 0 Å². The molecule has 1 atom stereocenters. The number of pyridine rings is 1. The maximum atomic E-state index is 12.9. The molecule has 108 valence electrons. The van der Waals surface area contributed by atoms with E-state index in [4.69, 9.17) is 11.6 Å². The van der Waals surface area contributed by atoms with Crippen molar-refractivity contribution in [2.45, 2.75) is 19.5 Å². The van der Waals surface area contributed by atoms with Gasteiger partial charge in [0, 0.05) is 25.0 Å². The molecule has 0 aliphatic rings. The van der Waals surface area contributed by atoms with Gasteiger partial charge in [0.25, 0.3) is 0 Å². The Morgan fingerprint density at radius 1 is 1.19 bits per heavy atom. The molecule has 0 saturated carbocycles. The summed E-state index contributed by atoms with van der Waals surface area (Å²) >= 11 is 5.95. The Bertz CT molecular complexity index is 752. The van der Waals surface area contributed by atoms with Gasteiger partial charge in [0.1, 0.15) is 11.5 Å². The molecule has 0 aliphatic heterocycles. The third kappa shape index (κ3) is 3.23. The summed E-state index contributed by atoms with van der Waals surface area (Å²) < 4.78 is 14.8. The van der Waals surface area contributed by atoms with E-state index < -0.39 is 0 Å². The van der Waals surface area contributed by atoms with E-state index in [0.717, 1.165) is 16.9 Å². The number of benzene rings is 1. The quantitative estimate of drug-likeness (QED) is 0.790. The van der Waals surface area contributed by atoms with Crippen LogP contribution < -0.4 is 5.32 Å². The monoisotopic (exact) mass is 303 g/mol. The van der Waals surface area contributed by atoms with Gasteiger partial charge in [0.15, 0.2) is 0 Å². The summed E-state index contributed by atoms with van der Waals surface area (Å²) in [6, 6.07) is 10.4. The van der Waals surface area contributed by atoms with Crippen LogP contribution in [0.25, 0.3) is 5.65 Å². The van der Waals surface area contributed by atoms with Crippen LogP contribution in [0, 0.1) is 5.82 Å². The van der Waals surface area contributed by atoms with Gasteiger partial charge in [-0.05, 0) is 36.8 Å². The fourth-order valence-corrected chi connectivity index (χ4v) is 2.40. The Hall–Kier alpha value is -1.91. The SMILES string of the molecule is C[C@@H](NCc1cn2cc(Cl)ccc2n1)c1ccc(F)cc1. The van der Waals surface area contributed by atoms with Gasteiger partial charge in [-0.15, -0.1) is 0 Å². The first-order valence-corrected chi connectivity index (χ1v) is 7.11. The fourth-order valence-electron chi connectivity index (χ4n) is 2.23. The van der Waals surface area contributed by atoms with Crippen LogP contribution in [0.3, 0.4) is 0 Å². The number of rotatable bonds is 4. The summed E-state index contributed by atoms with van der Waals surface area (Å²) in [6.45, 7) is 2.68. The Morgan fingerprint density at radius 2 is 1.95 bits per heavy atom. The number of nitrogens with zero attached hydrogens (tertiary/aromatic N) is 2. The van der Waals surface area contributed by atoms with Gasteiger partial charge in [0.2, 0.25) is 0 Å². The summed E-state index contributed by atoms with van der Waals surface area (Å²) in [6.07, 6.45) is 3.78. The molecule has 0 amide bonds. The van der Waals surface area contributed by atoms with Gasteiger partial charge in [-0.25, -0.2) is 9.37 Å². The molecule has 0 radical (unpaired) electrons. The van der Waals surface area contributed by atoms with Crippen LogP contribution in [0.15, 0.2) is 48.8 Å². The number of aromatic nitrogens is 2. The molecule has 0 fully saturated rings. The average Bonchev–Trinajstić information content (AvgIpc) is 2.87. The summed E-state index contributed by atoms with van der Waals surface area (Å²) in [5.74, 6) is -0.219. The lowest BCUT2D eigenvalue weighted by Crippen LogP contribution is -2.18. The number of hydrogen-bond acceptors (Lipinski definition) is 2. The zero-order chi connectivity index (χ0) is 14.8. The van der Waals surface area contributed by atoms with Crippen molar-refractivity contribution in [3.05, 3.63) is 70.9 Å². The standard InChI is InChI=1S/C16H15ClFN3/c1-11(12-2-5-14(18)6-3-12)19-8-15-10-21-9-13(17)4-7-16(21)20-15/h2-7,9-11,19H,8H2,1H3/t11-/m1/s1. The second kappa shape index (κ2) is 5.84. The molecule has 21 heavy (non-hydrogen) atoms. The first-order valence-electron chi connectivity index (χ1n) is 6.74. The number of hydrogen-bond donors (Lipinski definition) is 1. The second-order valence-corrected chi connectivity index (χ2v) is 5.44. The Kier molecular flexibility index (Phi) is 3.90. The van der Waals surface area contributed by atoms with Crippen molar-refractivity contribution in [3.8, 4) is 0 Å². The molecular weight excluding hydrogens is 289 g/mol. The van der Waals surface area contributed by atoms with Gasteiger partial charge >= 0.3 is 0 Å². The molecule has 3 aromatic rings. The third-order valence-corrected chi connectivity index (χ3v) is 3.65. The number of nitrogens with one attached hydrogen (secondary N) is 1. The summed E-state index contributed by atoms with van der Waals surface area (Å²) in [4.78, 5) is 4.52. The summed E-state index contributed by atoms with van der Waals surface area (Å²) in [7, 11) is 0. The van der Waals surface area contributed by atoms with Crippen LogP contribution in [0.4, 0.5) is 4.39 Å². The zero-order valence-corrected chi connectivity index (χ0v) is 12.3. The van der Waals surface area contributed by atoms with Crippen molar-refractivity contribution in [2.24, 2.45) is 0 Å². The second-order valence-electron chi connectivity index (χ2n) is 5.00. The molecule has 3 nitrogen and oxygen atoms in total. The largest absolute Gasteiger partial charge is 0.305 e. The minimum Gasteiger partial charge on any atom is -0.305 e. The lowest BCUT2D eigenvalue weighted by molar-refractivity contribution is 0.566. The van der Waals surface area contributed by atoms with E-state index in [-0.39, 0.29) is 11.9 Å². The summed E-state index contributed by atoms with van der Waals surface area (Å²) in [5, 5.41) is 4.06. The van der Waals surface area contributed by atoms with Crippen LogP contribution >= 0.6 is 11.6 Å². The maximum absolute atomic E-state index is 12.9. The van der Waals surface area contributed by atoms with Crippen LogP contribution in [0.2, 0.25) is 5.02 Å². The first-order chi connectivity index (χ1) is 10.1. The molecule has 0 aliphatic carbocycles. The van der Waals surface area contributed by atoms with E-state index in [9.17, 15) is 4.39 Å². The normalized spacial score (nSPS) is 12.7. The molecule has 3 rings (SSSR count). The maximum Gasteiger partial charge on any atom is 0.137 e. The molecule has 1 aromatic carbocycles. The molecule has 0 unspecified atom stereocenters. The van der Waals surface area contributed by atoms with Gasteiger partial charge in [-0.1, -0.05) is 23.7 Å². The third-order valence-electron chi connectivity index (χ3n) is 3.42. The Labute approximate surface area is 127 Å². The molecule has 0 saturated heterocycles. The molecule has 2 heterocycles. The highest BCUT2D eigenvalue weighted by Gasteiger charge is 2.07. The number of fused-ring (bicyclic) bond motifs is 1. The van der Waals surface area contributed by atoms with Gasteiger partial charge in [-0.2, -0.15) is 0 Å². The molecule has 5 heteroatoms. The van der Waals surface area contributed by atoms with E-state index in [0.29, 0.717) is 11.6 Å². The van der Waals surface area contributed by atoms with Crippen molar-refractivity contribution in [1.29, 1.82) is 0 Å². The average molecular weight is 304 g/mol. The van der Waals surface area contributed by atoms with E-state index in [1.165, 1.54) is 12.1 Å². The molecule has 2 aromatic heterocycles. The fraction of sp³-hybridized carbons (Fsp3) is 0.188. The van der Waals surface area contributed by atoms with Crippen LogP contribution in [-0.4, -0.2) is 9.38 Å². The highest BCUT2D eigenvalue weighted by atomic mass is 35.5. The van der Waals surface area contributed by atoms with Gasteiger partial charge in [-0.3, -0.25) is 0 Å². The van der Waals surface area contributed by atoms with Gasteiger partial charge < -0.3 is 9.72 Å². The van der Waals surface area contributed by atoms with E-state index in [1.54, 1.807) is 12.1 Å². The van der Waals surface area contributed by atoms with Crippen molar-refractivity contribution < 1.29 is 4.39 Å². The Morgan fingerprint density at radius 3 is 2.71 bits per heavy atom. The number of halogens is 2. The molecule has 0 bridgehead atoms. The minimum atomic E-state index is -0.219. The van der Waals surface area contributed by atoms with Gasteiger partial charge in [0.05, 0.1) is 10.7 Å². The lowest BCUT2D eigenvalue weighted by atomic mass is 10.1. The minimum absolute atomic E-state index is 0.124. The predicted octanol–water partition coefficient (Wildman–Crippen LogP) is 3.98. The topological polar surface area (TPSA) is 29.3 Å². The van der Waals surface area contributed by atoms with Crippen molar-refractivity contribution in [3.63, 3.8) is 0 Å². The van der Waals surface area contributed by atoms with Crippen molar-refractivity contribution >= 4 is 17.2 Å².